The summed E-state index contributed by atoms with van der Waals surface area (Å²) in [6, 6.07) is 8.96. The predicted octanol–water partition coefficient (Wildman–Crippen LogP) is 5.70. The molecule has 2 saturated heterocycles. The summed E-state index contributed by atoms with van der Waals surface area (Å²) in [7, 11) is 0. The minimum Gasteiger partial charge on any atom is -0.444 e. The summed E-state index contributed by atoms with van der Waals surface area (Å²) in [5.74, 6) is -3.01. The molecule has 2 fully saturated rings. The molecule has 0 unspecified atom stereocenters. The topological polar surface area (TPSA) is 278 Å². The van der Waals surface area contributed by atoms with E-state index in [-0.39, 0.29) is 74.6 Å². The van der Waals surface area contributed by atoms with Crippen molar-refractivity contribution in [2.45, 2.75) is 102 Å². The Morgan fingerprint density at radius 1 is 0.712 bits per heavy atom. The first kappa shape index (κ1) is 49.5. The van der Waals surface area contributed by atoms with Crippen LogP contribution in [0.2, 0.25) is 0 Å². The van der Waals surface area contributed by atoms with Crippen molar-refractivity contribution in [3.63, 3.8) is 0 Å². The zero-order valence-electron chi connectivity index (χ0n) is 37.0. The predicted molar refractivity (Wildman–Crippen MR) is 227 cm³/mol. The van der Waals surface area contributed by atoms with Crippen LogP contribution >= 0.6 is 0 Å². The number of pyridine rings is 2. The molecule has 24 heteroatoms. The van der Waals surface area contributed by atoms with Gasteiger partial charge in [-0.1, -0.05) is 0 Å². The van der Waals surface area contributed by atoms with Crippen molar-refractivity contribution in [3.8, 4) is 12.1 Å². The van der Waals surface area contributed by atoms with Crippen LogP contribution < -0.4 is 22.1 Å². The standard InChI is InChI=1S/2C21H25F2N7O3/c2*1-20(2,3)33-19(32)29-9-7-21(6-8-24,15(22)12-29)30-11-14(17(25)31)18(28-30)27-13-4-5-16(23)26-10-13/h2*4-5,10-11,15H,6-7,9,12H2,1-3H3,(H2,25,31)(H,27,28)/t15-,21+;15-,21-/m00/s1. The number of nitrogens with zero attached hydrogens (tertiary/aromatic N) is 10. The number of amides is 4. The molecule has 4 amide bonds. The van der Waals surface area contributed by atoms with E-state index in [1.165, 1.54) is 56.1 Å². The number of carbonyl (C=O) groups is 4. The molecule has 4 atom stereocenters. The molecule has 6 N–H and O–H groups in total. The Kier molecular flexibility index (Phi) is 14.8. The molecule has 20 nitrogen and oxygen atoms in total. The van der Waals surface area contributed by atoms with Gasteiger partial charge < -0.3 is 41.4 Å². The van der Waals surface area contributed by atoms with Gasteiger partial charge in [-0.3, -0.25) is 19.0 Å². The highest BCUT2D eigenvalue weighted by molar-refractivity contribution is 5.98. The van der Waals surface area contributed by atoms with Gasteiger partial charge in [-0.15, -0.1) is 0 Å². The third-order valence-corrected chi connectivity index (χ3v) is 10.5. The number of carbonyl (C=O) groups excluding carboxylic acids is 4. The molecule has 4 aromatic rings. The molecule has 352 valence electrons. The van der Waals surface area contributed by atoms with Crippen molar-refractivity contribution in [2.75, 3.05) is 36.8 Å². The van der Waals surface area contributed by atoms with Crippen LogP contribution in [-0.4, -0.2) is 113 Å². The van der Waals surface area contributed by atoms with Crippen molar-refractivity contribution in [1.29, 1.82) is 10.5 Å². The Morgan fingerprint density at radius 3 is 1.35 bits per heavy atom. The molecule has 2 aliphatic rings. The van der Waals surface area contributed by atoms with Crippen LogP contribution in [-0.2, 0) is 20.6 Å². The number of halogens is 4. The van der Waals surface area contributed by atoms with Gasteiger partial charge in [0.05, 0.1) is 61.8 Å². The van der Waals surface area contributed by atoms with Crippen LogP contribution in [0, 0.1) is 34.6 Å². The molecule has 66 heavy (non-hydrogen) atoms. The second-order valence-electron chi connectivity index (χ2n) is 17.6. The summed E-state index contributed by atoms with van der Waals surface area (Å²) < 4.78 is 70.4. The first-order chi connectivity index (χ1) is 30.9. The zero-order chi connectivity index (χ0) is 48.8. The number of hydrogen-bond donors (Lipinski definition) is 4. The van der Waals surface area contributed by atoms with E-state index in [0.717, 1.165) is 12.1 Å². The molecule has 6 rings (SSSR count). The fourth-order valence-corrected chi connectivity index (χ4v) is 7.14. The average molecular weight is 923 g/mol. The number of aromatic nitrogens is 6. The van der Waals surface area contributed by atoms with Crippen molar-refractivity contribution in [3.05, 3.63) is 72.1 Å². The lowest BCUT2D eigenvalue weighted by molar-refractivity contribution is -0.0184. The van der Waals surface area contributed by atoms with E-state index in [0.29, 0.717) is 11.4 Å². The number of hydrogen-bond acceptors (Lipinski definition) is 14. The van der Waals surface area contributed by atoms with Gasteiger partial charge in [0.25, 0.3) is 11.8 Å². The maximum atomic E-state index is 15.6. The summed E-state index contributed by atoms with van der Waals surface area (Å²) >= 11 is 0. The van der Waals surface area contributed by atoms with E-state index in [9.17, 15) is 38.5 Å². The minimum absolute atomic E-state index is 0.00925. The molecule has 0 aliphatic carbocycles. The van der Waals surface area contributed by atoms with E-state index in [1.54, 1.807) is 41.5 Å². The molecule has 0 spiro atoms. The highest BCUT2D eigenvalue weighted by atomic mass is 19.1. The Hall–Kier alpha value is -7.50. The lowest BCUT2D eigenvalue weighted by atomic mass is 9.83. The fraction of sp³-hybridized carbons (Fsp3) is 0.476. The summed E-state index contributed by atoms with van der Waals surface area (Å²) in [6.07, 6.45) is -0.135. The number of anilines is 4. The van der Waals surface area contributed by atoms with E-state index in [1.807, 2.05) is 12.1 Å². The van der Waals surface area contributed by atoms with Crippen LogP contribution in [0.5, 0.6) is 0 Å². The lowest BCUT2D eigenvalue weighted by Gasteiger charge is -2.43. The summed E-state index contributed by atoms with van der Waals surface area (Å²) in [4.78, 5) is 58.3. The first-order valence-corrected chi connectivity index (χ1v) is 20.4. The minimum atomic E-state index is -1.68. The SMILES string of the molecule is CC(C)(C)OC(=O)N1CC[C@@](CC#N)(n2cc(C(N)=O)c(Nc3ccc(F)nc3)n2)[C@@H](F)C1.CC(C)(C)OC(=O)N1CC[C@](CC#N)(n2cc(C(N)=O)c(Nc3ccc(F)nc3)n2)[C@@H](F)C1. The largest absolute Gasteiger partial charge is 0.444 e. The molecule has 6 heterocycles. The van der Waals surface area contributed by atoms with Crippen LogP contribution in [0.15, 0.2) is 49.1 Å². The lowest BCUT2D eigenvalue weighted by Crippen LogP contribution is -2.56. The third kappa shape index (κ3) is 11.6. The van der Waals surface area contributed by atoms with Crippen LogP contribution in [0.3, 0.4) is 0 Å². The summed E-state index contributed by atoms with van der Waals surface area (Å²) in [5.41, 5.74) is 7.17. The van der Waals surface area contributed by atoms with Crippen molar-refractivity contribution >= 4 is 47.0 Å². The second-order valence-corrected chi connectivity index (χ2v) is 17.6. The number of likely N-dealkylation sites (tertiary alicyclic amines) is 2. The van der Waals surface area contributed by atoms with Crippen LogP contribution in [0.4, 0.5) is 50.2 Å². The van der Waals surface area contributed by atoms with Gasteiger partial charge in [-0.2, -0.15) is 29.5 Å². The first-order valence-electron chi connectivity index (χ1n) is 20.4. The van der Waals surface area contributed by atoms with Gasteiger partial charge in [0, 0.05) is 25.5 Å². The number of alkyl halides is 2. The van der Waals surface area contributed by atoms with Crippen molar-refractivity contribution < 1.29 is 46.2 Å². The molecule has 0 bridgehead atoms. The molecule has 0 saturated carbocycles. The van der Waals surface area contributed by atoms with Gasteiger partial charge >= 0.3 is 12.2 Å². The Morgan fingerprint density at radius 2 is 1.08 bits per heavy atom. The van der Waals surface area contributed by atoms with Gasteiger partial charge in [0.2, 0.25) is 11.9 Å². The summed E-state index contributed by atoms with van der Waals surface area (Å²) in [6.45, 7) is 9.87. The van der Waals surface area contributed by atoms with Gasteiger partial charge in [-0.25, -0.2) is 28.3 Å². The normalized spacial score (nSPS) is 20.7. The fourth-order valence-electron chi connectivity index (χ4n) is 7.14. The van der Waals surface area contributed by atoms with E-state index in [2.05, 4.69) is 30.8 Å². The number of nitrogens with one attached hydrogen (secondary N) is 2. The molecule has 0 aromatic carbocycles. The van der Waals surface area contributed by atoms with Crippen molar-refractivity contribution in [1.82, 2.24) is 39.3 Å². The monoisotopic (exact) mass is 922 g/mol. The third-order valence-electron chi connectivity index (χ3n) is 10.5. The maximum Gasteiger partial charge on any atom is 0.410 e. The Bertz CT molecular complexity index is 2320. The Balaban J connectivity index is 0.000000247. The van der Waals surface area contributed by atoms with Crippen molar-refractivity contribution in [2.24, 2.45) is 11.5 Å². The molecule has 4 aromatic heterocycles. The number of piperidine rings is 2. The summed E-state index contributed by atoms with van der Waals surface area (Å²) in [5, 5.41) is 33.1. The van der Waals surface area contributed by atoms with Gasteiger partial charge in [0.15, 0.2) is 11.6 Å². The molecular formula is C42H50F4N14O6. The number of nitriles is 2. The van der Waals surface area contributed by atoms with Gasteiger partial charge in [0.1, 0.15) is 45.8 Å². The van der Waals surface area contributed by atoms with Gasteiger partial charge in [-0.05, 0) is 78.6 Å². The second kappa shape index (κ2) is 19.7. The van der Waals surface area contributed by atoms with E-state index >= 15 is 8.78 Å². The van der Waals surface area contributed by atoms with Crippen LogP contribution in [0.25, 0.3) is 0 Å². The highest BCUT2D eigenvalue weighted by Crippen LogP contribution is 2.39. The molecule has 0 radical (unpaired) electrons. The molecular weight excluding hydrogens is 873 g/mol. The number of rotatable bonds is 10. The van der Waals surface area contributed by atoms with E-state index < -0.39 is 70.5 Å². The zero-order valence-corrected chi connectivity index (χ0v) is 37.0. The Labute approximate surface area is 376 Å². The number of nitrogens with two attached hydrogens (primary N) is 2. The number of primary amides is 2. The average Bonchev–Trinajstić information content (AvgIpc) is 3.86. The maximum absolute atomic E-state index is 15.6. The smallest absolute Gasteiger partial charge is 0.410 e. The molecule has 2 aliphatic heterocycles. The van der Waals surface area contributed by atoms with E-state index in [4.69, 9.17) is 20.9 Å². The highest BCUT2D eigenvalue weighted by Gasteiger charge is 2.50. The number of ether oxygens (including phenoxy) is 2. The quantitative estimate of drug-likeness (QED) is 0.110. The van der Waals surface area contributed by atoms with Crippen LogP contribution in [0.1, 0.15) is 87.9 Å².